The number of hydrogen-bond donors (Lipinski definition) is 2. The number of amides is 4. The second-order valence-electron chi connectivity index (χ2n) is 4.37. The van der Waals surface area contributed by atoms with Crippen LogP contribution in [0.4, 0.5) is 4.79 Å². The van der Waals surface area contributed by atoms with Crippen LogP contribution in [0.1, 0.15) is 20.3 Å². The van der Waals surface area contributed by atoms with Crippen molar-refractivity contribution in [2.75, 3.05) is 26.9 Å². The number of imide groups is 1. The Morgan fingerprint density at radius 1 is 1.42 bits per heavy atom. The van der Waals surface area contributed by atoms with Crippen LogP contribution in [0.5, 0.6) is 0 Å². The van der Waals surface area contributed by atoms with Crippen molar-refractivity contribution >= 4 is 17.8 Å². The standard InChI is InChI=1S/C11H19N3O5/c1-4-11(2)9(16)14(10(17)12-11)7-8(15)13-19-6-5-18-3/h4-7H2,1-3H3,(H,12,17)(H,13,15). The van der Waals surface area contributed by atoms with Crippen LogP contribution in [0, 0.1) is 0 Å². The van der Waals surface area contributed by atoms with Gasteiger partial charge in [-0.15, -0.1) is 0 Å². The number of hydrogen-bond acceptors (Lipinski definition) is 5. The molecule has 1 fully saturated rings. The Hall–Kier alpha value is -1.67. The predicted octanol–water partition coefficient (Wildman–Crippen LogP) is -0.599. The van der Waals surface area contributed by atoms with Gasteiger partial charge in [-0.25, -0.2) is 10.3 Å². The zero-order valence-electron chi connectivity index (χ0n) is 11.3. The number of ether oxygens (including phenoxy) is 1. The van der Waals surface area contributed by atoms with E-state index in [-0.39, 0.29) is 13.2 Å². The lowest BCUT2D eigenvalue weighted by molar-refractivity contribution is -0.140. The van der Waals surface area contributed by atoms with Gasteiger partial charge in [-0.1, -0.05) is 6.92 Å². The number of hydroxylamine groups is 1. The van der Waals surface area contributed by atoms with Crippen molar-refractivity contribution in [2.24, 2.45) is 0 Å². The molecule has 0 aliphatic carbocycles. The second kappa shape index (κ2) is 6.48. The quantitative estimate of drug-likeness (QED) is 0.367. The van der Waals surface area contributed by atoms with E-state index in [1.807, 2.05) is 0 Å². The van der Waals surface area contributed by atoms with Gasteiger partial charge in [-0.2, -0.15) is 0 Å². The van der Waals surface area contributed by atoms with Gasteiger partial charge in [0.15, 0.2) is 0 Å². The Balaban J connectivity index is 2.46. The Kier molecular flexibility index (Phi) is 5.25. The molecule has 108 valence electrons. The first-order chi connectivity index (χ1) is 8.94. The summed E-state index contributed by atoms with van der Waals surface area (Å²) in [6.07, 6.45) is 0.458. The average molecular weight is 273 g/mol. The van der Waals surface area contributed by atoms with E-state index in [2.05, 4.69) is 10.8 Å². The third kappa shape index (κ3) is 3.65. The maximum absolute atomic E-state index is 12.0. The molecule has 19 heavy (non-hydrogen) atoms. The van der Waals surface area contributed by atoms with Crippen molar-refractivity contribution in [3.8, 4) is 0 Å². The summed E-state index contributed by atoms with van der Waals surface area (Å²) in [5, 5.41) is 2.56. The van der Waals surface area contributed by atoms with Crippen LogP contribution in [0.3, 0.4) is 0 Å². The minimum absolute atomic E-state index is 0.190. The van der Waals surface area contributed by atoms with Gasteiger partial charge in [-0.3, -0.25) is 19.3 Å². The molecule has 1 heterocycles. The van der Waals surface area contributed by atoms with Gasteiger partial charge in [-0.05, 0) is 13.3 Å². The maximum Gasteiger partial charge on any atom is 0.325 e. The van der Waals surface area contributed by atoms with Crippen molar-refractivity contribution in [3.05, 3.63) is 0 Å². The molecule has 1 aliphatic heterocycles. The van der Waals surface area contributed by atoms with Crippen molar-refractivity contribution < 1.29 is 24.0 Å². The lowest BCUT2D eigenvalue weighted by Crippen LogP contribution is -2.44. The van der Waals surface area contributed by atoms with Gasteiger partial charge >= 0.3 is 6.03 Å². The summed E-state index contributed by atoms with van der Waals surface area (Å²) in [6.45, 7) is 3.56. The SMILES string of the molecule is CCC1(C)NC(=O)N(CC(=O)NOCCOC)C1=O. The van der Waals surface area contributed by atoms with Crippen LogP contribution >= 0.6 is 0 Å². The largest absolute Gasteiger partial charge is 0.382 e. The van der Waals surface area contributed by atoms with Crippen LogP contribution < -0.4 is 10.8 Å². The fourth-order valence-electron chi connectivity index (χ4n) is 1.56. The molecule has 1 saturated heterocycles. The highest BCUT2D eigenvalue weighted by atomic mass is 16.7. The van der Waals surface area contributed by atoms with E-state index in [4.69, 9.17) is 9.57 Å². The molecule has 4 amide bonds. The highest BCUT2D eigenvalue weighted by molar-refractivity contribution is 6.08. The molecule has 0 aromatic carbocycles. The molecule has 1 rings (SSSR count). The Bertz CT molecular complexity index is 373. The number of rotatable bonds is 7. The smallest absolute Gasteiger partial charge is 0.325 e. The molecular weight excluding hydrogens is 254 g/mol. The first-order valence-electron chi connectivity index (χ1n) is 5.98. The first-order valence-corrected chi connectivity index (χ1v) is 5.98. The van der Waals surface area contributed by atoms with Crippen LogP contribution in [0.15, 0.2) is 0 Å². The average Bonchev–Trinajstić information content (AvgIpc) is 2.59. The Morgan fingerprint density at radius 2 is 2.11 bits per heavy atom. The van der Waals surface area contributed by atoms with Crippen LogP contribution in [-0.4, -0.2) is 55.2 Å². The van der Waals surface area contributed by atoms with E-state index in [0.717, 1.165) is 4.90 Å². The molecular formula is C11H19N3O5. The number of urea groups is 1. The van der Waals surface area contributed by atoms with Crippen molar-refractivity contribution in [3.63, 3.8) is 0 Å². The minimum atomic E-state index is -0.936. The molecule has 2 N–H and O–H groups in total. The topological polar surface area (TPSA) is 97.0 Å². The van der Waals surface area contributed by atoms with E-state index >= 15 is 0 Å². The molecule has 0 spiro atoms. The fourth-order valence-corrected chi connectivity index (χ4v) is 1.56. The van der Waals surface area contributed by atoms with Crippen LogP contribution in [0.2, 0.25) is 0 Å². The lowest BCUT2D eigenvalue weighted by atomic mass is 9.99. The summed E-state index contributed by atoms with van der Waals surface area (Å²) in [4.78, 5) is 40.8. The summed E-state index contributed by atoms with van der Waals surface area (Å²) in [5.74, 6) is -0.980. The van der Waals surface area contributed by atoms with Gasteiger partial charge in [0.1, 0.15) is 12.1 Å². The summed E-state index contributed by atoms with van der Waals surface area (Å²) in [5.41, 5.74) is 1.20. The predicted molar refractivity (Wildman–Crippen MR) is 64.9 cm³/mol. The molecule has 0 radical (unpaired) electrons. The van der Waals surface area contributed by atoms with E-state index < -0.39 is 23.4 Å². The molecule has 1 aliphatic rings. The van der Waals surface area contributed by atoms with Crippen molar-refractivity contribution in [2.45, 2.75) is 25.8 Å². The van der Waals surface area contributed by atoms with Gasteiger partial charge in [0.25, 0.3) is 11.8 Å². The van der Waals surface area contributed by atoms with Gasteiger partial charge in [0.05, 0.1) is 13.2 Å². The van der Waals surface area contributed by atoms with Crippen LogP contribution in [0.25, 0.3) is 0 Å². The lowest BCUT2D eigenvalue weighted by Gasteiger charge is -2.18. The second-order valence-corrected chi connectivity index (χ2v) is 4.37. The highest BCUT2D eigenvalue weighted by Crippen LogP contribution is 2.20. The summed E-state index contributed by atoms with van der Waals surface area (Å²) in [6, 6.07) is -0.568. The minimum Gasteiger partial charge on any atom is -0.382 e. The number of methoxy groups -OCH3 is 1. The van der Waals surface area contributed by atoms with Crippen LogP contribution in [-0.2, 0) is 19.2 Å². The summed E-state index contributed by atoms with van der Waals surface area (Å²) >= 11 is 0. The zero-order chi connectivity index (χ0) is 14.5. The normalized spacial score (nSPS) is 22.6. The van der Waals surface area contributed by atoms with Gasteiger partial charge in [0.2, 0.25) is 0 Å². The molecule has 1 unspecified atom stereocenters. The maximum atomic E-state index is 12.0. The van der Waals surface area contributed by atoms with Crippen molar-refractivity contribution in [1.82, 2.24) is 15.7 Å². The molecule has 8 heteroatoms. The Morgan fingerprint density at radius 3 is 2.63 bits per heavy atom. The number of nitrogens with one attached hydrogen (secondary N) is 2. The summed E-state index contributed by atoms with van der Waals surface area (Å²) in [7, 11) is 1.50. The number of carbonyl (C=O) groups is 3. The third-order valence-corrected chi connectivity index (χ3v) is 2.93. The fraction of sp³-hybridized carbons (Fsp3) is 0.727. The monoisotopic (exact) mass is 273 g/mol. The van der Waals surface area contributed by atoms with E-state index in [1.54, 1.807) is 13.8 Å². The molecule has 0 bridgehead atoms. The molecule has 0 aromatic heterocycles. The molecule has 1 atom stereocenters. The third-order valence-electron chi connectivity index (χ3n) is 2.93. The molecule has 0 saturated carbocycles. The zero-order valence-corrected chi connectivity index (χ0v) is 11.3. The first kappa shape index (κ1) is 15.4. The van der Waals surface area contributed by atoms with Gasteiger partial charge < -0.3 is 10.1 Å². The molecule has 8 nitrogen and oxygen atoms in total. The van der Waals surface area contributed by atoms with E-state index in [9.17, 15) is 14.4 Å². The number of carbonyl (C=O) groups excluding carboxylic acids is 3. The van der Waals surface area contributed by atoms with Gasteiger partial charge in [0, 0.05) is 7.11 Å². The molecule has 0 aromatic rings. The van der Waals surface area contributed by atoms with Crippen molar-refractivity contribution in [1.29, 1.82) is 0 Å². The number of nitrogens with zero attached hydrogens (tertiary/aromatic N) is 1. The Labute approximate surface area is 111 Å². The summed E-state index contributed by atoms with van der Waals surface area (Å²) < 4.78 is 4.73. The van der Waals surface area contributed by atoms with E-state index in [1.165, 1.54) is 7.11 Å². The highest BCUT2D eigenvalue weighted by Gasteiger charge is 2.46. The van der Waals surface area contributed by atoms with E-state index in [0.29, 0.717) is 13.0 Å².